The van der Waals surface area contributed by atoms with Crippen molar-refractivity contribution < 1.29 is 4.79 Å². The molecule has 0 spiro atoms. The highest BCUT2D eigenvalue weighted by Crippen LogP contribution is 2.36. The Labute approximate surface area is 125 Å². The SMILES string of the molecule is Cc1cn2c(n1)CCC(NC(=O)C1(C#N)CCCCC1)C2. The van der Waals surface area contributed by atoms with Crippen LogP contribution in [-0.4, -0.2) is 21.5 Å². The van der Waals surface area contributed by atoms with Crippen molar-refractivity contribution in [1.29, 1.82) is 5.26 Å². The molecule has 1 aromatic heterocycles. The van der Waals surface area contributed by atoms with Gasteiger partial charge in [-0.05, 0) is 26.2 Å². The first-order chi connectivity index (χ1) is 10.1. The van der Waals surface area contributed by atoms with Crippen molar-refractivity contribution in [3.05, 3.63) is 17.7 Å². The minimum Gasteiger partial charge on any atom is -0.350 e. The summed E-state index contributed by atoms with van der Waals surface area (Å²) in [6.07, 6.45) is 8.34. The molecule has 1 aliphatic heterocycles. The topological polar surface area (TPSA) is 70.7 Å². The predicted octanol–water partition coefficient (Wildman–Crippen LogP) is 2.10. The van der Waals surface area contributed by atoms with Gasteiger partial charge in [0, 0.05) is 25.2 Å². The second-order valence-corrected chi connectivity index (χ2v) is 6.41. The van der Waals surface area contributed by atoms with Crippen LogP contribution in [-0.2, 0) is 17.8 Å². The third kappa shape index (κ3) is 2.67. The minimum absolute atomic E-state index is 0.0602. The van der Waals surface area contributed by atoms with Gasteiger partial charge in [-0.1, -0.05) is 19.3 Å². The van der Waals surface area contributed by atoms with Gasteiger partial charge in [0.1, 0.15) is 11.2 Å². The predicted molar refractivity (Wildman–Crippen MR) is 78.3 cm³/mol. The number of fused-ring (bicyclic) bond motifs is 1. The first kappa shape index (κ1) is 14.1. The van der Waals surface area contributed by atoms with Crippen molar-refractivity contribution in [3.63, 3.8) is 0 Å². The fourth-order valence-corrected chi connectivity index (χ4v) is 3.57. The lowest BCUT2D eigenvalue weighted by Crippen LogP contribution is -2.48. The van der Waals surface area contributed by atoms with Crippen LogP contribution in [0, 0.1) is 23.7 Å². The van der Waals surface area contributed by atoms with E-state index < -0.39 is 5.41 Å². The standard InChI is InChI=1S/C16H22N4O/c1-12-9-20-10-13(5-6-14(20)18-12)19-15(21)16(11-17)7-3-2-4-8-16/h9,13H,2-8,10H2,1H3,(H,19,21). The van der Waals surface area contributed by atoms with Gasteiger partial charge < -0.3 is 9.88 Å². The lowest BCUT2D eigenvalue weighted by molar-refractivity contribution is -0.130. The Bertz CT molecular complexity index is 578. The lowest BCUT2D eigenvalue weighted by atomic mass is 9.74. The summed E-state index contributed by atoms with van der Waals surface area (Å²) in [6.45, 7) is 2.76. The number of carbonyl (C=O) groups is 1. The minimum atomic E-state index is -0.788. The Morgan fingerprint density at radius 3 is 2.95 bits per heavy atom. The van der Waals surface area contributed by atoms with Crippen LogP contribution in [0.15, 0.2) is 6.20 Å². The molecule has 2 heterocycles. The van der Waals surface area contributed by atoms with Crippen LogP contribution in [0.2, 0.25) is 0 Å². The van der Waals surface area contributed by atoms with Gasteiger partial charge in [0.25, 0.3) is 0 Å². The van der Waals surface area contributed by atoms with Crippen molar-refractivity contribution in [1.82, 2.24) is 14.9 Å². The summed E-state index contributed by atoms with van der Waals surface area (Å²) < 4.78 is 2.13. The molecule has 1 fully saturated rings. The number of carbonyl (C=O) groups excluding carboxylic acids is 1. The highest BCUT2D eigenvalue weighted by atomic mass is 16.2. The molecule has 1 aromatic rings. The summed E-state index contributed by atoms with van der Waals surface area (Å²) in [5, 5.41) is 12.6. The normalized spacial score (nSPS) is 23.9. The van der Waals surface area contributed by atoms with Gasteiger partial charge in [-0.25, -0.2) is 4.98 Å². The first-order valence-corrected chi connectivity index (χ1v) is 7.88. The molecule has 5 nitrogen and oxygen atoms in total. The number of aryl methyl sites for hydroxylation is 2. The third-order valence-electron chi connectivity index (χ3n) is 4.80. The third-order valence-corrected chi connectivity index (χ3v) is 4.80. The van der Waals surface area contributed by atoms with Gasteiger partial charge in [0.15, 0.2) is 0 Å². The first-order valence-electron chi connectivity index (χ1n) is 7.88. The summed E-state index contributed by atoms with van der Waals surface area (Å²) in [4.78, 5) is 17.1. The van der Waals surface area contributed by atoms with Crippen LogP contribution in [0.1, 0.15) is 50.0 Å². The lowest BCUT2D eigenvalue weighted by Gasteiger charge is -2.32. The fraction of sp³-hybridized carbons (Fsp3) is 0.688. The summed E-state index contributed by atoms with van der Waals surface area (Å²) in [5.74, 6) is 1.04. The maximum Gasteiger partial charge on any atom is 0.240 e. The molecular weight excluding hydrogens is 264 g/mol. The van der Waals surface area contributed by atoms with Crippen LogP contribution in [0.25, 0.3) is 0 Å². The number of nitrogens with one attached hydrogen (secondary N) is 1. The van der Waals surface area contributed by atoms with Gasteiger partial charge in [0.05, 0.1) is 11.8 Å². The van der Waals surface area contributed by atoms with E-state index in [1.807, 2.05) is 13.1 Å². The van der Waals surface area contributed by atoms with Gasteiger partial charge in [-0.15, -0.1) is 0 Å². The maximum atomic E-state index is 12.6. The van der Waals surface area contributed by atoms with Crippen LogP contribution >= 0.6 is 0 Å². The van der Waals surface area contributed by atoms with E-state index in [0.29, 0.717) is 12.8 Å². The average Bonchev–Trinajstić information content (AvgIpc) is 2.87. The van der Waals surface area contributed by atoms with E-state index in [1.54, 1.807) is 0 Å². The number of aromatic nitrogens is 2. The van der Waals surface area contributed by atoms with Crippen molar-refractivity contribution in [2.75, 3.05) is 0 Å². The molecule has 0 aromatic carbocycles. The van der Waals surface area contributed by atoms with E-state index in [0.717, 1.165) is 50.2 Å². The molecule has 5 heteroatoms. The molecule has 1 unspecified atom stereocenters. The summed E-state index contributed by atoms with van der Waals surface area (Å²) in [7, 11) is 0. The second kappa shape index (κ2) is 5.51. The van der Waals surface area contributed by atoms with Crippen molar-refractivity contribution in [2.24, 2.45) is 5.41 Å². The van der Waals surface area contributed by atoms with Crippen LogP contribution < -0.4 is 5.32 Å². The molecule has 1 saturated carbocycles. The second-order valence-electron chi connectivity index (χ2n) is 6.41. The van der Waals surface area contributed by atoms with Crippen LogP contribution in [0.4, 0.5) is 0 Å². The Balaban J connectivity index is 1.67. The Kier molecular flexibility index (Phi) is 3.71. The quantitative estimate of drug-likeness (QED) is 0.905. The average molecular weight is 286 g/mol. The highest BCUT2D eigenvalue weighted by Gasteiger charge is 2.40. The number of hydrogen-bond donors (Lipinski definition) is 1. The van der Waals surface area contributed by atoms with Crippen molar-refractivity contribution in [3.8, 4) is 6.07 Å². The number of amides is 1. The molecule has 21 heavy (non-hydrogen) atoms. The van der Waals surface area contributed by atoms with Crippen molar-refractivity contribution in [2.45, 2.75) is 64.5 Å². The Morgan fingerprint density at radius 1 is 1.48 bits per heavy atom. The molecule has 112 valence electrons. The van der Waals surface area contributed by atoms with E-state index in [1.165, 1.54) is 0 Å². The van der Waals surface area contributed by atoms with E-state index in [4.69, 9.17) is 0 Å². The van der Waals surface area contributed by atoms with Gasteiger partial charge >= 0.3 is 0 Å². The molecule has 1 N–H and O–H groups in total. The highest BCUT2D eigenvalue weighted by molar-refractivity contribution is 5.85. The van der Waals surface area contributed by atoms with Gasteiger partial charge in [0.2, 0.25) is 5.91 Å². The Hall–Kier alpha value is -1.83. The monoisotopic (exact) mass is 286 g/mol. The Morgan fingerprint density at radius 2 is 2.24 bits per heavy atom. The zero-order valence-electron chi connectivity index (χ0n) is 12.6. The zero-order valence-corrected chi connectivity index (χ0v) is 12.6. The number of nitriles is 1. The number of rotatable bonds is 2. The van der Waals surface area contributed by atoms with Crippen LogP contribution in [0.5, 0.6) is 0 Å². The summed E-state index contributed by atoms with van der Waals surface area (Å²) in [5.41, 5.74) is 0.237. The molecule has 1 aliphatic carbocycles. The maximum absolute atomic E-state index is 12.6. The molecular formula is C16H22N4O. The molecule has 0 saturated heterocycles. The van der Waals surface area contributed by atoms with E-state index in [2.05, 4.69) is 20.9 Å². The molecule has 0 bridgehead atoms. The molecule has 1 amide bonds. The largest absolute Gasteiger partial charge is 0.350 e. The van der Waals surface area contributed by atoms with Gasteiger partial charge in [-0.2, -0.15) is 5.26 Å². The molecule has 2 aliphatic rings. The molecule has 1 atom stereocenters. The smallest absolute Gasteiger partial charge is 0.240 e. The summed E-state index contributed by atoms with van der Waals surface area (Å²) >= 11 is 0. The van der Waals surface area contributed by atoms with Crippen LogP contribution in [0.3, 0.4) is 0 Å². The molecule has 3 rings (SSSR count). The number of hydrogen-bond acceptors (Lipinski definition) is 3. The van der Waals surface area contributed by atoms with Crippen molar-refractivity contribution >= 4 is 5.91 Å². The van der Waals surface area contributed by atoms with E-state index >= 15 is 0 Å². The number of imidazole rings is 1. The van der Waals surface area contributed by atoms with Gasteiger partial charge in [-0.3, -0.25) is 4.79 Å². The van der Waals surface area contributed by atoms with E-state index in [-0.39, 0.29) is 11.9 Å². The fourth-order valence-electron chi connectivity index (χ4n) is 3.57. The molecule has 0 radical (unpaired) electrons. The number of nitrogens with zero attached hydrogens (tertiary/aromatic N) is 3. The summed E-state index contributed by atoms with van der Waals surface area (Å²) in [6, 6.07) is 2.42. The van der Waals surface area contributed by atoms with E-state index in [9.17, 15) is 10.1 Å². The zero-order chi connectivity index (χ0) is 14.9.